The van der Waals surface area contributed by atoms with Crippen LogP contribution in [0.25, 0.3) is 0 Å². The first-order valence-corrected chi connectivity index (χ1v) is 5.48. The summed E-state index contributed by atoms with van der Waals surface area (Å²) in [6, 6.07) is 6.51. The summed E-state index contributed by atoms with van der Waals surface area (Å²) in [6.07, 6.45) is -4.34. The summed E-state index contributed by atoms with van der Waals surface area (Å²) in [5, 5.41) is 0. The van der Waals surface area contributed by atoms with Gasteiger partial charge in [0.2, 0.25) is 5.60 Å². The molecule has 1 aromatic carbocycles. The van der Waals surface area contributed by atoms with Crippen LogP contribution in [0.15, 0.2) is 24.3 Å². The average molecular weight is 244 g/mol. The Hall–Kier alpha value is -1.03. The fourth-order valence-electron chi connectivity index (χ4n) is 1.81. The molecule has 0 bridgehead atoms. The lowest BCUT2D eigenvalue weighted by Gasteiger charge is -2.21. The van der Waals surface area contributed by atoms with Crippen LogP contribution in [-0.2, 0) is 15.8 Å². The molecule has 0 N–H and O–H groups in total. The highest BCUT2D eigenvalue weighted by Crippen LogP contribution is 2.51. The van der Waals surface area contributed by atoms with Crippen molar-refractivity contribution in [3.63, 3.8) is 0 Å². The van der Waals surface area contributed by atoms with Crippen molar-refractivity contribution in [1.82, 2.24) is 0 Å². The second-order valence-corrected chi connectivity index (χ2v) is 5.44. The lowest BCUT2D eigenvalue weighted by molar-refractivity contribution is -0.187. The minimum absolute atomic E-state index is 0.0612. The first kappa shape index (κ1) is 12.4. The van der Waals surface area contributed by atoms with Gasteiger partial charge in [0.05, 0.1) is 6.61 Å². The third-order valence-corrected chi connectivity index (χ3v) is 3.11. The van der Waals surface area contributed by atoms with Crippen LogP contribution < -0.4 is 0 Å². The summed E-state index contributed by atoms with van der Waals surface area (Å²) in [7, 11) is 0. The van der Waals surface area contributed by atoms with E-state index >= 15 is 0 Å². The number of ether oxygens (including phenoxy) is 1. The van der Waals surface area contributed by atoms with Crippen molar-refractivity contribution < 1.29 is 17.9 Å². The Morgan fingerprint density at radius 2 is 1.53 bits per heavy atom. The second kappa shape index (κ2) is 3.48. The smallest absolute Gasteiger partial charge is 0.355 e. The molecular weight excluding hydrogens is 229 g/mol. The molecule has 1 saturated heterocycles. The summed E-state index contributed by atoms with van der Waals surface area (Å²) < 4.78 is 43.0. The van der Waals surface area contributed by atoms with Crippen LogP contribution in [0.3, 0.4) is 0 Å². The molecule has 4 heteroatoms. The van der Waals surface area contributed by atoms with Crippen LogP contribution in [0, 0.1) is 0 Å². The van der Waals surface area contributed by atoms with Gasteiger partial charge in [0.1, 0.15) is 0 Å². The summed E-state index contributed by atoms with van der Waals surface area (Å²) in [6.45, 7) is 5.80. The van der Waals surface area contributed by atoms with Gasteiger partial charge in [-0.3, -0.25) is 0 Å². The Bertz CT molecular complexity index is 408. The standard InChI is InChI=1S/C13H15F3O/c1-11(2,3)9-4-6-10(7-5-9)12(8-17-12)13(14,15)16/h4-7H,8H2,1-3H3. The number of halogens is 3. The quantitative estimate of drug-likeness (QED) is 0.685. The number of hydrogen-bond acceptors (Lipinski definition) is 1. The molecule has 0 radical (unpaired) electrons. The van der Waals surface area contributed by atoms with E-state index in [9.17, 15) is 13.2 Å². The van der Waals surface area contributed by atoms with Crippen LogP contribution in [0.4, 0.5) is 13.2 Å². The van der Waals surface area contributed by atoms with E-state index in [0.29, 0.717) is 0 Å². The van der Waals surface area contributed by atoms with Crippen LogP contribution in [0.5, 0.6) is 0 Å². The maximum absolute atomic E-state index is 12.8. The molecule has 1 aliphatic rings. The molecule has 0 aliphatic carbocycles. The molecular formula is C13H15F3O. The van der Waals surface area contributed by atoms with E-state index in [1.54, 1.807) is 12.1 Å². The molecule has 1 atom stereocenters. The van der Waals surface area contributed by atoms with Crippen molar-refractivity contribution in [2.75, 3.05) is 6.61 Å². The number of benzene rings is 1. The maximum Gasteiger partial charge on any atom is 0.424 e. The van der Waals surface area contributed by atoms with Gasteiger partial charge < -0.3 is 4.74 Å². The van der Waals surface area contributed by atoms with Gasteiger partial charge in [-0.1, -0.05) is 45.0 Å². The van der Waals surface area contributed by atoms with E-state index in [-0.39, 0.29) is 17.6 Å². The zero-order valence-corrected chi connectivity index (χ0v) is 10.1. The van der Waals surface area contributed by atoms with Gasteiger partial charge in [-0.05, 0) is 16.5 Å². The Kier molecular flexibility index (Phi) is 2.54. The van der Waals surface area contributed by atoms with Crippen LogP contribution >= 0.6 is 0 Å². The molecule has 1 aromatic rings. The molecule has 1 unspecified atom stereocenters. The maximum atomic E-state index is 12.8. The van der Waals surface area contributed by atoms with E-state index in [1.165, 1.54) is 12.1 Å². The molecule has 0 aromatic heterocycles. The SMILES string of the molecule is CC(C)(C)c1ccc(C2(C(F)(F)F)CO2)cc1. The molecule has 1 fully saturated rings. The van der Waals surface area contributed by atoms with Crippen molar-refractivity contribution in [2.45, 2.75) is 38.0 Å². The number of hydrogen-bond donors (Lipinski definition) is 0. The highest BCUT2D eigenvalue weighted by molar-refractivity contribution is 5.34. The number of rotatable bonds is 1. The molecule has 0 saturated carbocycles. The highest BCUT2D eigenvalue weighted by Gasteiger charge is 2.67. The van der Waals surface area contributed by atoms with Gasteiger partial charge in [-0.15, -0.1) is 0 Å². The molecule has 0 amide bonds. The molecule has 1 aliphatic heterocycles. The van der Waals surface area contributed by atoms with Gasteiger partial charge in [-0.2, -0.15) is 13.2 Å². The molecule has 0 spiro atoms. The third-order valence-electron chi connectivity index (χ3n) is 3.11. The van der Waals surface area contributed by atoms with E-state index in [1.807, 2.05) is 20.8 Å². The Morgan fingerprint density at radius 3 is 1.82 bits per heavy atom. The summed E-state index contributed by atoms with van der Waals surface area (Å²) in [5.74, 6) is 0. The Balaban J connectivity index is 2.32. The first-order valence-electron chi connectivity index (χ1n) is 5.48. The van der Waals surface area contributed by atoms with E-state index in [0.717, 1.165) is 5.56 Å². The molecule has 2 rings (SSSR count). The van der Waals surface area contributed by atoms with E-state index in [4.69, 9.17) is 0 Å². The average Bonchev–Trinajstić information content (AvgIpc) is 2.96. The largest absolute Gasteiger partial charge is 0.424 e. The normalized spacial score (nSPS) is 24.8. The van der Waals surface area contributed by atoms with Gasteiger partial charge in [0.25, 0.3) is 0 Å². The minimum atomic E-state index is -4.34. The predicted octanol–water partition coefficient (Wildman–Crippen LogP) is 3.77. The number of epoxide rings is 1. The van der Waals surface area contributed by atoms with Crippen molar-refractivity contribution in [3.05, 3.63) is 35.4 Å². The topological polar surface area (TPSA) is 12.5 Å². The van der Waals surface area contributed by atoms with E-state index < -0.39 is 11.8 Å². The lowest BCUT2D eigenvalue weighted by Crippen LogP contribution is -2.30. The van der Waals surface area contributed by atoms with Gasteiger partial charge in [0, 0.05) is 0 Å². The van der Waals surface area contributed by atoms with Gasteiger partial charge in [-0.25, -0.2) is 0 Å². The zero-order valence-electron chi connectivity index (χ0n) is 10.1. The van der Waals surface area contributed by atoms with Crippen molar-refractivity contribution in [3.8, 4) is 0 Å². The second-order valence-electron chi connectivity index (χ2n) is 5.44. The summed E-state index contributed by atoms with van der Waals surface area (Å²) in [5.41, 5.74) is -0.908. The summed E-state index contributed by atoms with van der Waals surface area (Å²) >= 11 is 0. The minimum Gasteiger partial charge on any atom is -0.355 e. The Morgan fingerprint density at radius 1 is 1.06 bits per heavy atom. The highest BCUT2D eigenvalue weighted by atomic mass is 19.4. The molecule has 94 valence electrons. The molecule has 1 heterocycles. The Labute approximate surface area is 98.6 Å². The van der Waals surface area contributed by atoms with Crippen molar-refractivity contribution >= 4 is 0 Å². The fourth-order valence-corrected chi connectivity index (χ4v) is 1.81. The zero-order chi connectivity index (χ0) is 12.9. The molecule has 1 nitrogen and oxygen atoms in total. The predicted molar refractivity (Wildman–Crippen MR) is 58.8 cm³/mol. The monoisotopic (exact) mass is 244 g/mol. The lowest BCUT2D eigenvalue weighted by atomic mass is 9.85. The van der Waals surface area contributed by atoms with Crippen LogP contribution in [0.1, 0.15) is 31.9 Å². The van der Waals surface area contributed by atoms with Gasteiger partial charge >= 0.3 is 6.18 Å². The van der Waals surface area contributed by atoms with Gasteiger partial charge in [0.15, 0.2) is 0 Å². The van der Waals surface area contributed by atoms with E-state index in [2.05, 4.69) is 4.74 Å². The van der Waals surface area contributed by atoms with Crippen molar-refractivity contribution in [2.24, 2.45) is 0 Å². The van der Waals surface area contributed by atoms with Crippen molar-refractivity contribution in [1.29, 1.82) is 0 Å². The third kappa shape index (κ3) is 2.06. The number of alkyl halides is 3. The van der Waals surface area contributed by atoms with Crippen LogP contribution in [-0.4, -0.2) is 12.8 Å². The first-order chi connectivity index (χ1) is 7.67. The fraction of sp³-hybridized carbons (Fsp3) is 0.538. The summed E-state index contributed by atoms with van der Waals surface area (Å²) in [4.78, 5) is 0. The molecule has 17 heavy (non-hydrogen) atoms. The van der Waals surface area contributed by atoms with Crippen LogP contribution in [0.2, 0.25) is 0 Å².